The molecule has 1 aliphatic carbocycles. The van der Waals surface area contributed by atoms with Gasteiger partial charge in [-0.2, -0.15) is 0 Å². The molecule has 2 unspecified atom stereocenters. The molecule has 4 atom stereocenters. The average Bonchev–Trinajstić information content (AvgIpc) is 2.68. The van der Waals surface area contributed by atoms with E-state index in [4.69, 9.17) is 0 Å². The Hall–Kier alpha value is -1.58. The van der Waals surface area contributed by atoms with Gasteiger partial charge < -0.3 is 10.6 Å². The van der Waals surface area contributed by atoms with E-state index in [1.54, 1.807) is 0 Å². The Balaban J connectivity index is 1.81. The summed E-state index contributed by atoms with van der Waals surface area (Å²) < 4.78 is 13.7. The van der Waals surface area contributed by atoms with Gasteiger partial charge >= 0.3 is 0 Å². The zero-order chi connectivity index (χ0) is 15.7. The number of rotatable bonds is 2. The molecule has 1 aromatic carbocycles. The van der Waals surface area contributed by atoms with Crippen LogP contribution in [-0.2, 0) is 11.2 Å². The Kier molecular flexibility index (Phi) is 4.37. The first-order chi connectivity index (χ1) is 10.6. The molecule has 0 spiro atoms. The summed E-state index contributed by atoms with van der Waals surface area (Å²) in [4.78, 5) is 12.6. The zero-order valence-electron chi connectivity index (χ0n) is 13.4. The fourth-order valence-corrected chi connectivity index (χ4v) is 3.98. The quantitative estimate of drug-likeness (QED) is 0.811. The molecule has 2 N–H and O–H groups in total. The number of hydrogen-bond acceptors (Lipinski definition) is 2. The first kappa shape index (κ1) is 15.3. The smallest absolute Gasteiger partial charge is 0.228 e. The molecule has 22 heavy (non-hydrogen) atoms. The van der Waals surface area contributed by atoms with Crippen molar-refractivity contribution >= 4 is 17.3 Å². The minimum atomic E-state index is -0.690. The molecule has 0 bridgehead atoms. The van der Waals surface area contributed by atoms with Crippen LogP contribution in [-0.4, -0.2) is 19.1 Å². The van der Waals surface area contributed by atoms with E-state index >= 15 is 0 Å². The molecule has 0 aromatic heterocycles. The topological polar surface area (TPSA) is 41.1 Å². The SMILES string of the molecule is CNc1ccc2c(c1)NC(=O)C([C@H]1CC[C@H](F)CCC1C)C2. The van der Waals surface area contributed by atoms with Crippen molar-refractivity contribution in [2.45, 2.75) is 45.2 Å². The fraction of sp³-hybridized carbons (Fsp3) is 0.611. The number of fused-ring (bicyclic) bond motifs is 1. The minimum Gasteiger partial charge on any atom is -0.388 e. The highest BCUT2D eigenvalue weighted by molar-refractivity contribution is 5.96. The van der Waals surface area contributed by atoms with Gasteiger partial charge in [-0.15, -0.1) is 0 Å². The summed E-state index contributed by atoms with van der Waals surface area (Å²) in [5.74, 6) is 0.788. The molecule has 4 heteroatoms. The predicted octanol–water partition coefficient (Wildman–Crippen LogP) is 4.00. The number of anilines is 2. The van der Waals surface area contributed by atoms with E-state index < -0.39 is 6.17 Å². The number of amides is 1. The third-order valence-electron chi connectivity index (χ3n) is 5.43. The molecule has 0 radical (unpaired) electrons. The summed E-state index contributed by atoms with van der Waals surface area (Å²) in [7, 11) is 1.87. The minimum absolute atomic E-state index is 0.0202. The van der Waals surface area contributed by atoms with Gasteiger partial charge in [0.25, 0.3) is 0 Å². The van der Waals surface area contributed by atoms with Gasteiger partial charge in [0.2, 0.25) is 5.91 Å². The second kappa shape index (κ2) is 6.27. The molecule has 2 aliphatic rings. The van der Waals surface area contributed by atoms with Gasteiger partial charge in [0.1, 0.15) is 6.17 Å². The summed E-state index contributed by atoms with van der Waals surface area (Å²) >= 11 is 0. The van der Waals surface area contributed by atoms with Gasteiger partial charge in [0.15, 0.2) is 0 Å². The van der Waals surface area contributed by atoms with Crippen LogP contribution in [0.4, 0.5) is 15.8 Å². The summed E-state index contributed by atoms with van der Waals surface area (Å²) in [6, 6.07) is 6.12. The maximum atomic E-state index is 13.7. The van der Waals surface area contributed by atoms with Gasteiger partial charge in [0, 0.05) is 24.3 Å². The first-order valence-corrected chi connectivity index (χ1v) is 8.34. The van der Waals surface area contributed by atoms with Crippen LogP contribution in [0.5, 0.6) is 0 Å². The molecule has 3 nitrogen and oxygen atoms in total. The van der Waals surface area contributed by atoms with Gasteiger partial charge in [-0.05, 0) is 61.6 Å². The second-order valence-electron chi connectivity index (χ2n) is 6.81. The lowest BCUT2D eigenvalue weighted by Gasteiger charge is -2.33. The molecule has 1 heterocycles. The van der Waals surface area contributed by atoms with Gasteiger partial charge in [0.05, 0.1) is 0 Å². The van der Waals surface area contributed by atoms with Crippen LogP contribution in [0.1, 0.15) is 38.2 Å². The molecule has 1 aliphatic heterocycles. The van der Waals surface area contributed by atoms with Crippen molar-refractivity contribution in [2.24, 2.45) is 17.8 Å². The molecular weight excluding hydrogens is 279 g/mol. The normalized spacial score (nSPS) is 31.9. The summed E-state index contributed by atoms with van der Waals surface area (Å²) in [5, 5.41) is 6.16. The number of hydrogen-bond donors (Lipinski definition) is 2. The Morgan fingerprint density at radius 3 is 2.77 bits per heavy atom. The highest BCUT2D eigenvalue weighted by Gasteiger charge is 2.37. The monoisotopic (exact) mass is 304 g/mol. The van der Waals surface area contributed by atoms with Crippen molar-refractivity contribution in [1.29, 1.82) is 0 Å². The Morgan fingerprint density at radius 1 is 1.23 bits per heavy atom. The van der Waals surface area contributed by atoms with Crippen molar-refractivity contribution in [3.63, 3.8) is 0 Å². The summed E-state index contributed by atoms with van der Waals surface area (Å²) in [5.41, 5.74) is 3.11. The van der Waals surface area contributed by atoms with Crippen LogP contribution in [0, 0.1) is 17.8 Å². The van der Waals surface area contributed by atoms with E-state index in [0.29, 0.717) is 18.8 Å². The summed E-state index contributed by atoms with van der Waals surface area (Å²) in [6.07, 6.45) is 3.05. The van der Waals surface area contributed by atoms with Gasteiger partial charge in [-0.25, -0.2) is 4.39 Å². The lowest BCUT2D eigenvalue weighted by Crippen LogP contribution is -2.37. The molecule has 1 saturated carbocycles. The van der Waals surface area contributed by atoms with Gasteiger partial charge in [-0.1, -0.05) is 13.0 Å². The molecule has 1 amide bonds. The van der Waals surface area contributed by atoms with Crippen LogP contribution in [0.15, 0.2) is 18.2 Å². The van der Waals surface area contributed by atoms with Crippen molar-refractivity contribution in [2.75, 3.05) is 17.7 Å². The van der Waals surface area contributed by atoms with Crippen LogP contribution in [0.3, 0.4) is 0 Å². The Morgan fingerprint density at radius 2 is 2.00 bits per heavy atom. The van der Waals surface area contributed by atoms with Crippen molar-refractivity contribution in [3.05, 3.63) is 23.8 Å². The maximum absolute atomic E-state index is 13.7. The molecular formula is C18H25FN2O. The highest BCUT2D eigenvalue weighted by atomic mass is 19.1. The van der Waals surface area contributed by atoms with Crippen LogP contribution in [0.2, 0.25) is 0 Å². The average molecular weight is 304 g/mol. The lowest BCUT2D eigenvalue weighted by molar-refractivity contribution is -0.122. The Labute approximate surface area is 131 Å². The second-order valence-corrected chi connectivity index (χ2v) is 6.81. The fourth-order valence-electron chi connectivity index (χ4n) is 3.98. The number of benzene rings is 1. The highest BCUT2D eigenvalue weighted by Crippen LogP contribution is 2.40. The number of carbonyl (C=O) groups excluding carboxylic acids is 1. The molecule has 1 aromatic rings. The van der Waals surface area contributed by atoms with Crippen LogP contribution in [0.25, 0.3) is 0 Å². The van der Waals surface area contributed by atoms with Crippen molar-refractivity contribution < 1.29 is 9.18 Å². The molecule has 3 rings (SSSR count). The number of alkyl halides is 1. The largest absolute Gasteiger partial charge is 0.388 e. The van der Waals surface area contributed by atoms with E-state index in [1.165, 1.54) is 5.56 Å². The van der Waals surface area contributed by atoms with E-state index in [0.717, 1.165) is 30.6 Å². The number of halogens is 1. The Bertz CT molecular complexity index is 560. The van der Waals surface area contributed by atoms with E-state index in [1.807, 2.05) is 19.2 Å². The van der Waals surface area contributed by atoms with Gasteiger partial charge in [-0.3, -0.25) is 4.79 Å². The molecule has 0 saturated heterocycles. The molecule has 1 fully saturated rings. The molecule has 120 valence electrons. The maximum Gasteiger partial charge on any atom is 0.228 e. The van der Waals surface area contributed by atoms with Crippen molar-refractivity contribution in [1.82, 2.24) is 0 Å². The number of carbonyl (C=O) groups is 1. The van der Waals surface area contributed by atoms with Crippen LogP contribution < -0.4 is 10.6 Å². The first-order valence-electron chi connectivity index (χ1n) is 8.34. The predicted molar refractivity (Wildman–Crippen MR) is 87.8 cm³/mol. The van der Waals surface area contributed by atoms with E-state index in [-0.39, 0.29) is 17.7 Å². The number of nitrogens with one attached hydrogen (secondary N) is 2. The van der Waals surface area contributed by atoms with Crippen molar-refractivity contribution in [3.8, 4) is 0 Å². The lowest BCUT2D eigenvalue weighted by atomic mass is 9.74. The standard InChI is InChI=1S/C18H25FN2O/c1-11-3-5-13(19)6-8-15(11)16-9-12-4-7-14(20-2)10-17(12)21-18(16)22/h4,7,10-11,13,15-16,20H,3,5-6,8-9H2,1-2H3,(H,21,22)/t11?,13-,15+,16?/m1/s1. The zero-order valence-corrected chi connectivity index (χ0v) is 13.4. The summed E-state index contributed by atoms with van der Waals surface area (Å²) in [6.45, 7) is 2.18. The third kappa shape index (κ3) is 2.96. The van der Waals surface area contributed by atoms with E-state index in [9.17, 15) is 9.18 Å². The third-order valence-corrected chi connectivity index (χ3v) is 5.43. The van der Waals surface area contributed by atoms with Crippen LogP contribution >= 0.6 is 0 Å². The van der Waals surface area contributed by atoms with E-state index in [2.05, 4.69) is 23.6 Å².